The highest BCUT2D eigenvalue weighted by molar-refractivity contribution is 9.09. The van der Waals surface area contributed by atoms with Gasteiger partial charge in [0.05, 0.1) is 12.2 Å². The fraction of sp³-hybridized carbons (Fsp3) is 0.667. The summed E-state index contributed by atoms with van der Waals surface area (Å²) in [5, 5.41) is 0.810. The van der Waals surface area contributed by atoms with Gasteiger partial charge >= 0.3 is 0 Å². The van der Waals surface area contributed by atoms with E-state index in [1.807, 2.05) is 0 Å². The molecule has 0 aliphatic carbocycles. The van der Waals surface area contributed by atoms with Crippen molar-refractivity contribution < 1.29 is 9.47 Å². The molecule has 1 fully saturated rings. The molecular weight excluding hydrogens is 328 g/mol. The molecule has 21 heavy (non-hydrogen) atoms. The molecule has 0 N–H and O–H groups in total. The largest absolute Gasteiger partial charge is 0.381 e. The zero-order chi connectivity index (χ0) is 15.3. The first-order chi connectivity index (χ1) is 10.0. The number of alkyl halides is 1. The maximum Gasteiger partial charge on any atom is 0.0999 e. The molecule has 0 bridgehead atoms. The van der Waals surface area contributed by atoms with Crippen molar-refractivity contribution in [2.45, 2.75) is 45.1 Å². The molecule has 1 unspecified atom stereocenters. The topological polar surface area (TPSA) is 18.5 Å². The van der Waals surface area contributed by atoms with Crippen LogP contribution in [0.1, 0.15) is 50.7 Å². The number of hydrogen-bond donors (Lipinski definition) is 0. The third-order valence-corrected chi connectivity index (χ3v) is 5.49. The van der Waals surface area contributed by atoms with Crippen LogP contribution < -0.4 is 0 Å². The van der Waals surface area contributed by atoms with Gasteiger partial charge in [0.15, 0.2) is 0 Å². The lowest BCUT2D eigenvalue weighted by Gasteiger charge is -2.32. The molecule has 1 atom stereocenters. The van der Waals surface area contributed by atoms with Crippen LogP contribution in [0.4, 0.5) is 0 Å². The lowest BCUT2D eigenvalue weighted by molar-refractivity contribution is -0.0554. The zero-order valence-corrected chi connectivity index (χ0v) is 15.0. The van der Waals surface area contributed by atoms with Crippen molar-refractivity contribution in [3.05, 3.63) is 35.4 Å². The van der Waals surface area contributed by atoms with E-state index in [1.165, 1.54) is 11.1 Å². The maximum atomic E-state index is 6.30. The number of rotatable bonds is 6. The minimum Gasteiger partial charge on any atom is -0.381 e. The van der Waals surface area contributed by atoms with Crippen LogP contribution >= 0.6 is 15.9 Å². The molecule has 1 aromatic rings. The van der Waals surface area contributed by atoms with Gasteiger partial charge in [-0.1, -0.05) is 54.0 Å². The van der Waals surface area contributed by atoms with Gasteiger partial charge in [-0.15, -0.1) is 0 Å². The lowest BCUT2D eigenvalue weighted by atomic mass is 9.93. The monoisotopic (exact) mass is 354 g/mol. The van der Waals surface area contributed by atoms with Crippen molar-refractivity contribution >= 4 is 15.9 Å². The van der Waals surface area contributed by atoms with E-state index in [4.69, 9.17) is 9.47 Å². The average Bonchev–Trinajstić information content (AvgIpc) is 2.53. The summed E-state index contributed by atoms with van der Waals surface area (Å²) >= 11 is 3.63. The quantitative estimate of drug-likeness (QED) is 0.679. The second-order valence-corrected chi connectivity index (χ2v) is 7.07. The predicted octanol–water partition coefficient (Wildman–Crippen LogP) is 4.86. The van der Waals surface area contributed by atoms with Crippen LogP contribution in [0.3, 0.4) is 0 Å². The normalized spacial score (nSPS) is 19.7. The third-order valence-electron chi connectivity index (χ3n) is 4.42. The van der Waals surface area contributed by atoms with Crippen LogP contribution in [0.15, 0.2) is 24.3 Å². The molecule has 0 radical (unpaired) electrons. The average molecular weight is 355 g/mol. The standard InChI is InChI=1S/C18H27BrO2/c1-14(2)16-4-6-17(7-5-16)18(3,13-19)21-12-15-8-10-20-11-9-15/h4-7,14-15H,8-13H2,1-3H3. The molecule has 1 aliphatic heterocycles. The molecule has 2 rings (SSSR count). The molecule has 1 aromatic carbocycles. The van der Waals surface area contributed by atoms with Gasteiger partial charge in [-0.05, 0) is 42.7 Å². The Bertz CT molecular complexity index is 423. The Hall–Kier alpha value is -0.380. The number of ether oxygens (including phenoxy) is 2. The highest BCUT2D eigenvalue weighted by atomic mass is 79.9. The van der Waals surface area contributed by atoms with E-state index in [1.54, 1.807) is 0 Å². The Balaban J connectivity index is 2.01. The Morgan fingerprint density at radius 2 is 1.86 bits per heavy atom. The zero-order valence-electron chi connectivity index (χ0n) is 13.4. The summed E-state index contributed by atoms with van der Waals surface area (Å²) in [7, 11) is 0. The van der Waals surface area contributed by atoms with E-state index in [0.717, 1.165) is 38.0 Å². The SMILES string of the molecule is CC(C)c1ccc(C(C)(CBr)OCC2CCOCC2)cc1. The predicted molar refractivity (Wildman–Crippen MR) is 91.2 cm³/mol. The van der Waals surface area contributed by atoms with Crippen LogP contribution in [0, 0.1) is 5.92 Å². The van der Waals surface area contributed by atoms with Gasteiger partial charge < -0.3 is 9.47 Å². The maximum absolute atomic E-state index is 6.30. The summed E-state index contributed by atoms with van der Waals surface area (Å²) in [6.45, 7) is 9.19. The van der Waals surface area contributed by atoms with E-state index in [0.29, 0.717) is 11.8 Å². The van der Waals surface area contributed by atoms with Crippen LogP contribution in [0.5, 0.6) is 0 Å². The smallest absolute Gasteiger partial charge is 0.0999 e. The fourth-order valence-corrected chi connectivity index (χ4v) is 3.12. The second-order valence-electron chi connectivity index (χ2n) is 6.51. The van der Waals surface area contributed by atoms with Gasteiger partial charge in [0.1, 0.15) is 0 Å². The van der Waals surface area contributed by atoms with E-state index >= 15 is 0 Å². The highest BCUT2D eigenvalue weighted by Gasteiger charge is 2.28. The first-order valence-corrected chi connectivity index (χ1v) is 9.05. The molecular formula is C18H27BrO2. The Morgan fingerprint density at radius 3 is 2.38 bits per heavy atom. The first-order valence-electron chi connectivity index (χ1n) is 7.93. The molecule has 0 spiro atoms. The van der Waals surface area contributed by atoms with Crippen LogP contribution in [0.25, 0.3) is 0 Å². The second kappa shape index (κ2) is 7.75. The van der Waals surface area contributed by atoms with E-state index in [2.05, 4.69) is 61.0 Å². The summed E-state index contributed by atoms with van der Waals surface area (Å²) in [5.74, 6) is 1.20. The molecule has 1 saturated heterocycles. The summed E-state index contributed by atoms with van der Waals surface area (Å²) in [5.41, 5.74) is 2.37. The lowest BCUT2D eigenvalue weighted by Crippen LogP contribution is -2.32. The minimum atomic E-state index is -0.256. The first kappa shape index (κ1) is 17.0. The molecule has 0 saturated carbocycles. The number of hydrogen-bond acceptors (Lipinski definition) is 2. The summed E-state index contributed by atoms with van der Waals surface area (Å²) in [6.07, 6.45) is 2.23. The minimum absolute atomic E-state index is 0.256. The highest BCUT2D eigenvalue weighted by Crippen LogP contribution is 2.30. The summed E-state index contributed by atoms with van der Waals surface area (Å²) in [4.78, 5) is 0. The van der Waals surface area contributed by atoms with Crippen molar-refractivity contribution in [2.75, 3.05) is 25.2 Å². The number of benzene rings is 1. The Labute approximate surface area is 137 Å². The molecule has 0 aromatic heterocycles. The van der Waals surface area contributed by atoms with E-state index in [9.17, 15) is 0 Å². The molecule has 1 aliphatic rings. The summed E-state index contributed by atoms with van der Waals surface area (Å²) < 4.78 is 11.7. The van der Waals surface area contributed by atoms with Crippen molar-refractivity contribution in [1.29, 1.82) is 0 Å². The fourth-order valence-electron chi connectivity index (χ4n) is 2.63. The van der Waals surface area contributed by atoms with Gasteiger partial charge in [0.25, 0.3) is 0 Å². The van der Waals surface area contributed by atoms with Gasteiger partial charge in [-0.2, -0.15) is 0 Å². The van der Waals surface area contributed by atoms with Gasteiger partial charge in [0.2, 0.25) is 0 Å². The number of halogens is 1. The third kappa shape index (κ3) is 4.54. The van der Waals surface area contributed by atoms with Gasteiger partial charge in [0, 0.05) is 18.5 Å². The molecule has 2 nitrogen and oxygen atoms in total. The Morgan fingerprint density at radius 1 is 1.24 bits per heavy atom. The molecule has 118 valence electrons. The summed E-state index contributed by atoms with van der Waals surface area (Å²) in [6, 6.07) is 8.86. The molecule has 1 heterocycles. The van der Waals surface area contributed by atoms with Crippen molar-refractivity contribution in [1.82, 2.24) is 0 Å². The van der Waals surface area contributed by atoms with Crippen molar-refractivity contribution in [3.8, 4) is 0 Å². The van der Waals surface area contributed by atoms with E-state index < -0.39 is 0 Å². The molecule has 3 heteroatoms. The Kier molecular flexibility index (Phi) is 6.27. The van der Waals surface area contributed by atoms with Crippen molar-refractivity contribution in [2.24, 2.45) is 5.92 Å². The van der Waals surface area contributed by atoms with Gasteiger partial charge in [-0.25, -0.2) is 0 Å². The van der Waals surface area contributed by atoms with Crippen molar-refractivity contribution in [3.63, 3.8) is 0 Å². The van der Waals surface area contributed by atoms with Crippen LogP contribution in [-0.2, 0) is 15.1 Å². The van der Waals surface area contributed by atoms with Gasteiger partial charge in [-0.3, -0.25) is 0 Å². The van der Waals surface area contributed by atoms with E-state index in [-0.39, 0.29) is 5.60 Å². The van der Waals surface area contributed by atoms with Crippen LogP contribution in [-0.4, -0.2) is 25.2 Å². The molecule has 0 amide bonds. The van der Waals surface area contributed by atoms with Crippen LogP contribution in [0.2, 0.25) is 0 Å².